The third-order valence-corrected chi connectivity index (χ3v) is 3.75. The quantitative estimate of drug-likeness (QED) is 0.367. The molecule has 0 atom stereocenters. The Morgan fingerprint density at radius 1 is 0.963 bits per heavy atom. The second-order valence-corrected chi connectivity index (χ2v) is 6.04. The zero-order valence-corrected chi connectivity index (χ0v) is 15.4. The number of hydrazone groups is 1. The Kier molecular flexibility index (Phi) is 6.82. The summed E-state index contributed by atoms with van der Waals surface area (Å²) in [4.78, 5) is 35.0. The molecular weight excluding hydrogens is 346 g/mol. The molecule has 0 spiro atoms. The number of esters is 1. The molecule has 2 rings (SSSR count). The van der Waals surface area contributed by atoms with Gasteiger partial charge >= 0.3 is 17.8 Å². The van der Waals surface area contributed by atoms with Crippen molar-refractivity contribution < 1.29 is 19.1 Å². The van der Waals surface area contributed by atoms with Crippen molar-refractivity contribution in [2.24, 2.45) is 5.10 Å². The van der Waals surface area contributed by atoms with Gasteiger partial charge in [0.2, 0.25) is 0 Å². The third-order valence-electron chi connectivity index (χ3n) is 3.75. The van der Waals surface area contributed by atoms with Gasteiger partial charge in [-0.05, 0) is 41.3 Å². The van der Waals surface area contributed by atoms with Crippen molar-refractivity contribution in [3.8, 4) is 0 Å². The summed E-state index contributed by atoms with van der Waals surface area (Å²) in [5.41, 5.74) is 4.89. The van der Waals surface area contributed by atoms with Crippen LogP contribution in [0.5, 0.6) is 0 Å². The van der Waals surface area contributed by atoms with Crippen molar-refractivity contribution in [3.63, 3.8) is 0 Å². The minimum absolute atomic E-state index is 0.341. The molecule has 2 N–H and O–H groups in total. The normalized spacial score (nSPS) is 10.7. The number of hydrogen-bond acceptors (Lipinski definition) is 5. The summed E-state index contributed by atoms with van der Waals surface area (Å²) in [6.07, 6.45) is 1.46. The number of rotatable bonds is 5. The van der Waals surface area contributed by atoms with Crippen LogP contribution < -0.4 is 10.7 Å². The standard InChI is InChI=1S/C20H21N3O4/c1-13(2)15-6-4-14(5-7-15)12-21-23-19(25)18(24)22-17-10-8-16(9-11-17)20(26)27-3/h4-13H,1-3H3,(H,22,24)(H,23,25)/b21-12+. The number of carbonyl (C=O) groups excluding carboxylic acids is 3. The first-order valence-electron chi connectivity index (χ1n) is 8.33. The van der Waals surface area contributed by atoms with Crippen LogP contribution in [0, 0.1) is 0 Å². The second-order valence-electron chi connectivity index (χ2n) is 6.04. The fraction of sp³-hybridized carbons (Fsp3) is 0.200. The van der Waals surface area contributed by atoms with E-state index in [1.54, 1.807) is 0 Å². The Balaban J connectivity index is 1.88. The number of ether oxygens (including phenoxy) is 1. The van der Waals surface area contributed by atoms with Crippen LogP contribution in [0.3, 0.4) is 0 Å². The largest absolute Gasteiger partial charge is 0.465 e. The van der Waals surface area contributed by atoms with Gasteiger partial charge in [0.25, 0.3) is 0 Å². The van der Waals surface area contributed by atoms with Crippen LogP contribution in [0.25, 0.3) is 0 Å². The van der Waals surface area contributed by atoms with Gasteiger partial charge in [-0.25, -0.2) is 10.2 Å². The lowest BCUT2D eigenvalue weighted by Gasteiger charge is -2.05. The van der Waals surface area contributed by atoms with Crippen molar-refractivity contribution in [1.29, 1.82) is 0 Å². The van der Waals surface area contributed by atoms with E-state index in [0.717, 1.165) is 5.56 Å². The lowest BCUT2D eigenvalue weighted by Crippen LogP contribution is -2.32. The van der Waals surface area contributed by atoms with E-state index in [1.807, 2.05) is 24.3 Å². The number of methoxy groups -OCH3 is 1. The van der Waals surface area contributed by atoms with E-state index in [2.05, 4.69) is 34.4 Å². The van der Waals surface area contributed by atoms with Gasteiger partial charge in [0.15, 0.2) is 0 Å². The molecular formula is C20H21N3O4. The van der Waals surface area contributed by atoms with Gasteiger partial charge in [0.05, 0.1) is 18.9 Å². The van der Waals surface area contributed by atoms with Crippen molar-refractivity contribution in [3.05, 3.63) is 65.2 Å². The number of benzene rings is 2. The number of carbonyl (C=O) groups is 3. The molecule has 2 aromatic rings. The molecule has 140 valence electrons. The molecule has 7 heteroatoms. The topological polar surface area (TPSA) is 96.9 Å². The van der Waals surface area contributed by atoms with Crippen LogP contribution in [0.4, 0.5) is 5.69 Å². The van der Waals surface area contributed by atoms with Crippen LogP contribution in [-0.4, -0.2) is 31.1 Å². The van der Waals surface area contributed by atoms with E-state index < -0.39 is 17.8 Å². The SMILES string of the molecule is COC(=O)c1ccc(NC(=O)C(=O)N/N=C/c2ccc(C(C)C)cc2)cc1. The summed E-state index contributed by atoms with van der Waals surface area (Å²) >= 11 is 0. The molecule has 0 saturated heterocycles. The molecule has 2 amide bonds. The zero-order valence-electron chi connectivity index (χ0n) is 15.4. The smallest absolute Gasteiger partial charge is 0.337 e. The summed E-state index contributed by atoms with van der Waals surface area (Å²) in [5.74, 6) is -1.82. The Morgan fingerprint density at radius 2 is 1.59 bits per heavy atom. The zero-order chi connectivity index (χ0) is 19.8. The third kappa shape index (κ3) is 5.78. The summed E-state index contributed by atoms with van der Waals surface area (Å²) in [6, 6.07) is 13.7. The van der Waals surface area contributed by atoms with Gasteiger partial charge in [0, 0.05) is 5.69 Å². The lowest BCUT2D eigenvalue weighted by atomic mass is 10.0. The Bertz CT molecular complexity index is 841. The van der Waals surface area contributed by atoms with Gasteiger partial charge in [-0.3, -0.25) is 9.59 Å². The fourth-order valence-corrected chi connectivity index (χ4v) is 2.18. The van der Waals surface area contributed by atoms with Crippen LogP contribution in [0.1, 0.15) is 41.3 Å². The van der Waals surface area contributed by atoms with Crippen molar-refractivity contribution >= 4 is 29.7 Å². The highest BCUT2D eigenvalue weighted by atomic mass is 16.5. The number of anilines is 1. The minimum Gasteiger partial charge on any atom is -0.465 e. The summed E-state index contributed by atoms with van der Waals surface area (Å²) in [5, 5.41) is 6.20. The number of hydrogen-bond donors (Lipinski definition) is 2. The highest BCUT2D eigenvalue weighted by molar-refractivity contribution is 6.39. The predicted octanol–water partition coefficient (Wildman–Crippen LogP) is 2.69. The molecule has 7 nitrogen and oxygen atoms in total. The van der Waals surface area contributed by atoms with E-state index >= 15 is 0 Å². The first kappa shape index (κ1) is 19.8. The fourth-order valence-electron chi connectivity index (χ4n) is 2.18. The molecule has 0 aliphatic heterocycles. The van der Waals surface area contributed by atoms with E-state index in [-0.39, 0.29) is 0 Å². The molecule has 0 aromatic heterocycles. The van der Waals surface area contributed by atoms with Gasteiger partial charge in [-0.15, -0.1) is 0 Å². The van der Waals surface area contributed by atoms with E-state index in [9.17, 15) is 14.4 Å². The van der Waals surface area contributed by atoms with Crippen LogP contribution in [0.15, 0.2) is 53.6 Å². The molecule has 0 aliphatic carbocycles. The summed E-state index contributed by atoms with van der Waals surface area (Å²) in [7, 11) is 1.28. The van der Waals surface area contributed by atoms with Gasteiger partial charge in [-0.2, -0.15) is 5.10 Å². The molecule has 2 aromatic carbocycles. The highest BCUT2D eigenvalue weighted by Crippen LogP contribution is 2.14. The van der Waals surface area contributed by atoms with Crippen molar-refractivity contribution in [1.82, 2.24) is 5.43 Å². The first-order chi connectivity index (χ1) is 12.9. The predicted molar refractivity (Wildman–Crippen MR) is 103 cm³/mol. The van der Waals surface area contributed by atoms with E-state index in [0.29, 0.717) is 17.2 Å². The molecule has 0 unspecified atom stereocenters. The molecule has 0 saturated carbocycles. The van der Waals surface area contributed by atoms with Crippen LogP contribution in [-0.2, 0) is 14.3 Å². The van der Waals surface area contributed by atoms with Crippen molar-refractivity contribution in [2.45, 2.75) is 19.8 Å². The molecule has 0 fully saturated rings. The molecule has 0 radical (unpaired) electrons. The Hall–Kier alpha value is -3.48. The molecule has 27 heavy (non-hydrogen) atoms. The van der Waals surface area contributed by atoms with Gasteiger partial charge < -0.3 is 10.1 Å². The summed E-state index contributed by atoms with van der Waals surface area (Å²) in [6.45, 7) is 4.20. The maximum absolute atomic E-state index is 11.9. The number of nitrogens with one attached hydrogen (secondary N) is 2. The Morgan fingerprint density at radius 3 is 2.15 bits per heavy atom. The lowest BCUT2D eigenvalue weighted by molar-refractivity contribution is -0.136. The first-order valence-corrected chi connectivity index (χ1v) is 8.33. The highest BCUT2D eigenvalue weighted by Gasteiger charge is 2.13. The van der Waals surface area contributed by atoms with Crippen LogP contribution >= 0.6 is 0 Å². The van der Waals surface area contributed by atoms with E-state index in [1.165, 1.54) is 43.2 Å². The number of amides is 2. The average molecular weight is 367 g/mol. The second kappa shape index (κ2) is 9.28. The maximum atomic E-state index is 11.9. The van der Waals surface area contributed by atoms with Gasteiger partial charge in [0.1, 0.15) is 0 Å². The molecule has 0 bridgehead atoms. The minimum atomic E-state index is -0.901. The molecule has 0 aliphatic rings. The van der Waals surface area contributed by atoms with E-state index in [4.69, 9.17) is 0 Å². The van der Waals surface area contributed by atoms with Gasteiger partial charge in [-0.1, -0.05) is 38.1 Å². The summed E-state index contributed by atoms with van der Waals surface area (Å²) < 4.78 is 4.59. The van der Waals surface area contributed by atoms with Crippen LogP contribution in [0.2, 0.25) is 0 Å². The molecule has 0 heterocycles. The Labute approximate surface area is 157 Å². The van der Waals surface area contributed by atoms with Crippen molar-refractivity contribution in [2.75, 3.05) is 12.4 Å². The monoisotopic (exact) mass is 367 g/mol. The maximum Gasteiger partial charge on any atom is 0.337 e. The average Bonchev–Trinajstić information content (AvgIpc) is 2.68. The number of nitrogens with zero attached hydrogens (tertiary/aromatic N) is 1.